The predicted octanol–water partition coefficient (Wildman–Crippen LogP) is 4.26. The highest BCUT2D eigenvalue weighted by Gasteiger charge is 2.08. The van der Waals surface area contributed by atoms with Gasteiger partial charge in [-0.2, -0.15) is 0 Å². The van der Waals surface area contributed by atoms with Crippen molar-refractivity contribution in [3.05, 3.63) is 77.5 Å². The normalized spacial score (nSPS) is 10.4. The molecule has 0 unspecified atom stereocenters. The molecular formula is C23H24N2O3. The number of carbonyl (C=O) groups excluding carboxylic acids is 1. The Morgan fingerprint density at radius 1 is 0.929 bits per heavy atom. The van der Waals surface area contributed by atoms with E-state index in [1.54, 1.807) is 20.3 Å². The van der Waals surface area contributed by atoms with Gasteiger partial charge in [-0.3, -0.25) is 9.78 Å². The molecule has 144 valence electrons. The number of nitrogens with zero attached hydrogens (tertiary/aromatic N) is 1. The molecule has 3 rings (SSSR count). The topological polar surface area (TPSA) is 60.5 Å². The first-order chi connectivity index (χ1) is 13.6. The lowest BCUT2D eigenvalue weighted by Gasteiger charge is -2.10. The predicted molar refractivity (Wildman–Crippen MR) is 110 cm³/mol. The minimum absolute atomic E-state index is 0.136. The molecule has 0 fully saturated rings. The Kier molecular flexibility index (Phi) is 6.27. The number of carbonyl (C=O) groups is 1. The van der Waals surface area contributed by atoms with Crippen molar-refractivity contribution < 1.29 is 14.3 Å². The van der Waals surface area contributed by atoms with Crippen molar-refractivity contribution in [3.63, 3.8) is 0 Å². The lowest BCUT2D eigenvalue weighted by Crippen LogP contribution is -2.22. The molecule has 0 saturated carbocycles. The Hall–Kier alpha value is -3.34. The fourth-order valence-electron chi connectivity index (χ4n) is 2.85. The van der Waals surface area contributed by atoms with Gasteiger partial charge in [0.1, 0.15) is 11.5 Å². The van der Waals surface area contributed by atoms with Crippen LogP contribution in [0.1, 0.15) is 28.4 Å². The van der Waals surface area contributed by atoms with Crippen LogP contribution in [0.4, 0.5) is 0 Å². The first kappa shape index (κ1) is 19.4. The van der Waals surface area contributed by atoms with Gasteiger partial charge >= 0.3 is 0 Å². The van der Waals surface area contributed by atoms with Crippen molar-refractivity contribution in [1.82, 2.24) is 10.3 Å². The van der Waals surface area contributed by atoms with Crippen molar-refractivity contribution in [1.29, 1.82) is 0 Å². The molecule has 1 N–H and O–H groups in total. The zero-order valence-corrected chi connectivity index (χ0v) is 16.4. The van der Waals surface area contributed by atoms with Gasteiger partial charge in [-0.1, -0.05) is 25.1 Å². The second kappa shape index (κ2) is 9.04. The molecular weight excluding hydrogens is 352 g/mol. The lowest BCUT2D eigenvalue weighted by molar-refractivity contribution is 0.0951. The second-order valence-electron chi connectivity index (χ2n) is 6.39. The maximum absolute atomic E-state index is 12.5. The van der Waals surface area contributed by atoms with Crippen LogP contribution in [0, 0.1) is 0 Å². The molecule has 1 amide bonds. The number of rotatable bonds is 7. The summed E-state index contributed by atoms with van der Waals surface area (Å²) in [6.07, 6.45) is 2.85. The van der Waals surface area contributed by atoms with E-state index in [2.05, 4.69) is 23.3 Å². The van der Waals surface area contributed by atoms with E-state index in [1.807, 2.05) is 48.7 Å². The smallest absolute Gasteiger partial charge is 0.251 e. The van der Waals surface area contributed by atoms with E-state index in [1.165, 1.54) is 5.56 Å². The van der Waals surface area contributed by atoms with Crippen molar-refractivity contribution in [2.24, 2.45) is 0 Å². The number of nitrogens with one attached hydrogen (secondary N) is 1. The van der Waals surface area contributed by atoms with Crippen molar-refractivity contribution >= 4 is 5.91 Å². The van der Waals surface area contributed by atoms with Crippen LogP contribution in [0.15, 0.2) is 60.8 Å². The fourth-order valence-corrected chi connectivity index (χ4v) is 2.85. The monoisotopic (exact) mass is 376 g/mol. The van der Waals surface area contributed by atoms with Crippen LogP contribution in [0.5, 0.6) is 11.5 Å². The molecule has 1 heterocycles. The second-order valence-corrected chi connectivity index (χ2v) is 6.39. The number of hydrogen-bond donors (Lipinski definition) is 1. The number of benzene rings is 2. The average Bonchev–Trinajstić information content (AvgIpc) is 2.77. The Bertz CT molecular complexity index is 913. The van der Waals surface area contributed by atoms with E-state index < -0.39 is 0 Å². The molecule has 0 saturated heterocycles. The summed E-state index contributed by atoms with van der Waals surface area (Å²) < 4.78 is 10.5. The van der Waals surface area contributed by atoms with Gasteiger partial charge in [0.2, 0.25) is 0 Å². The first-order valence-corrected chi connectivity index (χ1v) is 9.18. The lowest BCUT2D eigenvalue weighted by atomic mass is 10.1. The highest BCUT2D eigenvalue weighted by atomic mass is 16.5. The minimum Gasteiger partial charge on any atom is -0.497 e. The molecule has 0 atom stereocenters. The third-order valence-corrected chi connectivity index (χ3v) is 4.54. The summed E-state index contributed by atoms with van der Waals surface area (Å²) >= 11 is 0. The number of aromatic nitrogens is 1. The van der Waals surface area contributed by atoms with E-state index in [4.69, 9.17) is 9.47 Å². The highest BCUT2D eigenvalue weighted by Crippen LogP contribution is 2.22. The summed E-state index contributed by atoms with van der Waals surface area (Å²) in [5.41, 5.74) is 4.59. The van der Waals surface area contributed by atoms with Gasteiger partial charge in [0.05, 0.1) is 19.9 Å². The Balaban J connectivity index is 1.66. The minimum atomic E-state index is -0.136. The third-order valence-electron chi connectivity index (χ3n) is 4.54. The molecule has 0 spiro atoms. The van der Waals surface area contributed by atoms with E-state index in [0.29, 0.717) is 23.6 Å². The summed E-state index contributed by atoms with van der Waals surface area (Å²) in [6.45, 7) is 2.49. The van der Waals surface area contributed by atoms with E-state index in [-0.39, 0.29) is 5.91 Å². The maximum atomic E-state index is 12.5. The number of aryl methyl sites for hydroxylation is 1. The molecule has 1 aromatic heterocycles. The van der Waals surface area contributed by atoms with Gasteiger partial charge in [-0.15, -0.1) is 0 Å². The summed E-state index contributed by atoms with van der Waals surface area (Å²) in [5, 5.41) is 2.93. The van der Waals surface area contributed by atoms with Crippen LogP contribution in [0.3, 0.4) is 0 Å². The Labute approximate surface area is 165 Å². The average molecular weight is 376 g/mol. The molecule has 0 bridgehead atoms. The van der Waals surface area contributed by atoms with Crippen LogP contribution in [-0.2, 0) is 13.0 Å². The van der Waals surface area contributed by atoms with Crippen molar-refractivity contribution in [3.8, 4) is 22.8 Å². The van der Waals surface area contributed by atoms with Crippen LogP contribution in [0.25, 0.3) is 11.3 Å². The first-order valence-electron chi connectivity index (χ1n) is 9.18. The molecule has 0 aliphatic carbocycles. The van der Waals surface area contributed by atoms with Crippen molar-refractivity contribution in [2.75, 3.05) is 14.2 Å². The summed E-state index contributed by atoms with van der Waals surface area (Å²) in [6, 6.07) is 17.1. The summed E-state index contributed by atoms with van der Waals surface area (Å²) in [7, 11) is 3.20. The molecule has 2 aromatic carbocycles. The summed E-state index contributed by atoms with van der Waals surface area (Å²) in [5.74, 6) is 1.24. The van der Waals surface area contributed by atoms with Crippen LogP contribution < -0.4 is 14.8 Å². The Morgan fingerprint density at radius 3 is 2.14 bits per heavy atom. The number of methoxy groups -OCH3 is 2. The molecule has 3 aromatic rings. The summed E-state index contributed by atoms with van der Waals surface area (Å²) in [4.78, 5) is 16.9. The third kappa shape index (κ3) is 4.68. The quantitative estimate of drug-likeness (QED) is 0.669. The largest absolute Gasteiger partial charge is 0.497 e. The van der Waals surface area contributed by atoms with Gasteiger partial charge in [-0.05, 0) is 47.9 Å². The highest BCUT2D eigenvalue weighted by molar-refractivity contribution is 5.94. The van der Waals surface area contributed by atoms with Crippen LogP contribution >= 0.6 is 0 Å². The van der Waals surface area contributed by atoms with Gasteiger partial charge < -0.3 is 14.8 Å². The molecule has 5 heteroatoms. The van der Waals surface area contributed by atoms with Crippen LogP contribution in [0.2, 0.25) is 0 Å². The van der Waals surface area contributed by atoms with E-state index in [9.17, 15) is 4.79 Å². The standard InChI is InChI=1S/C23H24N2O3/c1-4-16-5-10-22(24-14-16)18-6-8-19(9-7-18)23(26)25-15-17-11-20(27-2)13-21(12-17)28-3/h5-14H,4,15H2,1-3H3,(H,25,26). The molecule has 5 nitrogen and oxygen atoms in total. The van der Waals surface area contributed by atoms with Crippen LogP contribution in [-0.4, -0.2) is 25.1 Å². The van der Waals surface area contributed by atoms with Gasteiger partial charge in [0, 0.05) is 29.9 Å². The van der Waals surface area contributed by atoms with Gasteiger partial charge in [0.15, 0.2) is 0 Å². The number of pyridine rings is 1. The maximum Gasteiger partial charge on any atom is 0.251 e. The molecule has 0 aliphatic rings. The van der Waals surface area contributed by atoms with E-state index in [0.717, 1.165) is 23.2 Å². The fraction of sp³-hybridized carbons (Fsp3) is 0.217. The Morgan fingerprint density at radius 2 is 1.61 bits per heavy atom. The number of amides is 1. The number of hydrogen-bond acceptors (Lipinski definition) is 4. The molecule has 28 heavy (non-hydrogen) atoms. The molecule has 0 aliphatic heterocycles. The molecule has 0 radical (unpaired) electrons. The van der Waals surface area contributed by atoms with Gasteiger partial charge in [0.25, 0.3) is 5.91 Å². The van der Waals surface area contributed by atoms with Crippen molar-refractivity contribution in [2.45, 2.75) is 19.9 Å². The van der Waals surface area contributed by atoms with E-state index >= 15 is 0 Å². The number of ether oxygens (including phenoxy) is 2. The zero-order valence-electron chi connectivity index (χ0n) is 16.4. The zero-order chi connectivity index (χ0) is 19.9. The van der Waals surface area contributed by atoms with Gasteiger partial charge in [-0.25, -0.2) is 0 Å². The SMILES string of the molecule is CCc1ccc(-c2ccc(C(=O)NCc3cc(OC)cc(OC)c3)cc2)nc1.